The number of halogens is 1. The van der Waals surface area contributed by atoms with Crippen LogP contribution in [0.15, 0.2) is 30.6 Å². The first-order chi connectivity index (χ1) is 6.70. The number of nitrogens with zero attached hydrogens (tertiary/aromatic N) is 1. The van der Waals surface area contributed by atoms with E-state index >= 15 is 0 Å². The molecule has 14 heavy (non-hydrogen) atoms. The minimum atomic E-state index is 0.567. The molecule has 0 atom stereocenters. The van der Waals surface area contributed by atoms with Crippen LogP contribution < -0.4 is 0 Å². The smallest absolute Gasteiger partial charge is 0.0357 e. The van der Waals surface area contributed by atoms with Crippen molar-refractivity contribution in [2.45, 2.75) is 19.8 Å². The van der Waals surface area contributed by atoms with E-state index in [1.54, 1.807) is 0 Å². The fraction of sp³-hybridized carbons (Fsp3) is 0.250. The van der Waals surface area contributed by atoms with Crippen LogP contribution in [0.4, 0.5) is 0 Å². The van der Waals surface area contributed by atoms with Gasteiger partial charge >= 0.3 is 0 Å². The van der Waals surface area contributed by atoms with E-state index in [2.05, 4.69) is 59.6 Å². The summed E-state index contributed by atoms with van der Waals surface area (Å²) >= 11 is 2.36. The summed E-state index contributed by atoms with van der Waals surface area (Å²) in [4.78, 5) is 4.17. The highest BCUT2D eigenvalue weighted by Crippen LogP contribution is 2.27. The van der Waals surface area contributed by atoms with E-state index < -0.39 is 0 Å². The van der Waals surface area contributed by atoms with E-state index in [1.807, 2.05) is 12.4 Å². The molecule has 0 saturated heterocycles. The van der Waals surface area contributed by atoms with E-state index in [0.717, 1.165) is 0 Å². The van der Waals surface area contributed by atoms with Gasteiger partial charge in [-0.1, -0.05) is 19.9 Å². The molecule has 72 valence electrons. The van der Waals surface area contributed by atoms with Crippen LogP contribution in [-0.2, 0) is 0 Å². The molecule has 2 heteroatoms. The number of fused-ring (bicyclic) bond motifs is 1. The van der Waals surface area contributed by atoms with Crippen molar-refractivity contribution in [1.82, 2.24) is 4.98 Å². The molecule has 1 nitrogen and oxygen atoms in total. The van der Waals surface area contributed by atoms with Crippen LogP contribution in [0.25, 0.3) is 10.8 Å². The molecule has 0 N–H and O–H groups in total. The predicted molar refractivity (Wildman–Crippen MR) is 68.5 cm³/mol. The first kappa shape index (κ1) is 9.90. The Bertz CT molecular complexity index is 463. The third-order valence-electron chi connectivity index (χ3n) is 2.42. The SMILES string of the molecule is CC(C)c1ccc(I)c2cnccc12. The van der Waals surface area contributed by atoms with Gasteiger partial charge in [0.2, 0.25) is 0 Å². The standard InChI is InChI=1S/C12H12IN/c1-8(2)9-3-4-12(13)11-7-14-6-5-10(9)11/h3-8H,1-2H3. The first-order valence-electron chi connectivity index (χ1n) is 4.72. The van der Waals surface area contributed by atoms with Crippen molar-refractivity contribution in [2.24, 2.45) is 0 Å². The lowest BCUT2D eigenvalue weighted by Crippen LogP contribution is -1.91. The largest absolute Gasteiger partial charge is 0.264 e. The molecular formula is C12H12IN. The molecule has 1 aromatic heterocycles. The van der Waals surface area contributed by atoms with Crippen LogP contribution in [0.1, 0.15) is 25.3 Å². The van der Waals surface area contributed by atoms with Gasteiger partial charge in [-0.2, -0.15) is 0 Å². The van der Waals surface area contributed by atoms with Crippen molar-refractivity contribution >= 4 is 33.4 Å². The number of hydrogen-bond donors (Lipinski definition) is 0. The number of pyridine rings is 1. The molecule has 2 rings (SSSR count). The summed E-state index contributed by atoms with van der Waals surface area (Å²) in [5, 5.41) is 2.60. The Morgan fingerprint density at radius 3 is 2.64 bits per heavy atom. The van der Waals surface area contributed by atoms with Crippen LogP contribution in [-0.4, -0.2) is 4.98 Å². The molecule has 1 aromatic carbocycles. The summed E-state index contributed by atoms with van der Waals surface area (Å²) in [5.41, 5.74) is 1.41. The second-order valence-electron chi connectivity index (χ2n) is 3.71. The topological polar surface area (TPSA) is 12.9 Å². The molecule has 1 heterocycles. The Balaban J connectivity index is 2.82. The van der Waals surface area contributed by atoms with Gasteiger partial charge in [0.1, 0.15) is 0 Å². The molecular weight excluding hydrogens is 285 g/mol. The van der Waals surface area contributed by atoms with Crippen molar-refractivity contribution in [1.29, 1.82) is 0 Å². The van der Waals surface area contributed by atoms with E-state index in [0.29, 0.717) is 5.92 Å². The van der Waals surface area contributed by atoms with Gasteiger partial charge in [-0.15, -0.1) is 0 Å². The van der Waals surface area contributed by atoms with Crippen molar-refractivity contribution < 1.29 is 0 Å². The summed E-state index contributed by atoms with van der Waals surface area (Å²) in [7, 11) is 0. The molecule has 0 bridgehead atoms. The highest BCUT2D eigenvalue weighted by Gasteiger charge is 2.06. The summed E-state index contributed by atoms with van der Waals surface area (Å²) in [6, 6.07) is 6.49. The Hall–Kier alpha value is -0.640. The third kappa shape index (κ3) is 1.63. The minimum Gasteiger partial charge on any atom is -0.264 e. The number of hydrogen-bond acceptors (Lipinski definition) is 1. The Morgan fingerprint density at radius 1 is 1.14 bits per heavy atom. The Kier molecular flexibility index (Phi) is 2.72. The summed E-state index contributed by atoms with van der Waals surface area (Å²) in [5.74, 6) is 0.567. The molecule has 2 aromatic rings. The maximum atomic E-state index is 4.17. The lowest BCUT2D eigenvalue weighted by Gasteiger charge is -2.10. The van der Waals surface area contributed by atoms with Gasteiger partial charge in [-0.3, -0.25) is 4.98 Å². The lowest BCUT2D eigenvalue weighted by molar-refractivity contribution is 0.876. The van der Waals surface area contributed by atoms with Gasteiger partial charge in [0.05, 0.1) is 0 Å². The van der Waals surface area contributed by atoms with E-state index in [9.17, 15) is 0 Å². The molecule has 0 unspecified atom stereocenters. The maximum absolute atomic E-state index is 4.17. The Labute approximate surface area is 97.7 Å². The van der Waals surface area contributed by atoms with Crippen LogP contribution in [0.5, 0.6) is 0 Å². The van der Waals surface area contributed by atoms with Gasteiger partial charge in [0.25, 0.3) is 0 Å². The molecule has 0 radical (unpaired) electrons. The van der Waals surface area contributed by atoms with Crippen LogP contribution >= 0.6 is 22.6 Å². The molecule has 0 amide bonds. The normalized spacial score (nSPS) is 11.1. The molecule has 0 aliphatic rings. The zero-order chi connectivity index (χ0) is 10.1. The summed E-state index contributed by atoms with van der Waals surface area (Å²) in [6.45, 7) is 4.45. The van der Waals surface area contributed by atoms with E-state index in [4.69, 9.17) is 0 Å². The van der Waals surface area contributed by atoms with Gasteiger partial charge in [0, 0.05) is 21.4 Å². The molecule has 0 spiro atoms. The number of benzene rings is 1. The second-order valence-corrected chi connectivity index (χ2v) is 4.87. The highest BCUT2D eigenvalue weighted by atomic mass is 127. The minimum absolute atomic E-state index is 0.567. The molecule has 0 aliphatic heterocycles. The van der Waals surface area contributed by atoms with Crippen molar-refractivity contribution in [3.63, 3.8) is 0 Å². The summed E-state index contributed by atoms with van der Waals surface area (Å²) < 4.78 is 1.27. The fourth-order valence-electron chi connectivity index (χ4n) is 1.68. The van der Waals surface area contributed by atoms with Gasteiger partial charge in [-0.25, -0.2) is 0 Å². The zero-order valence-electron chi connectivity index (χ0n) is 8.29. The lowest BCUT2D eigenvalue weighted by atomic mass is 9.97. The van der Waals surface area contributed by atoms with Crippen molar-refractivity contribution in [3.05, 3.63) is 39.7 Å². The maximum Gasteiger partial charge on any atom is 0.0357 e. The number of rotatable bonds is 1. The van der Waals surface area contributed by atoms with Gasteiger partial charge < -0.3 is 0 Å². The van der Waals surface area contributed by atoms with Crippen LogP contribution in [0, 0.1) is 3.57 Å². The number of aromatic nitrogens is 1. The average molecular weight is 297 g/mol. The van der Waals surface area contributed by atoms with E-state index in [1.165, 1.54) is 19.9 Å². The van der Waals surface area contributed by atoms with Crippen LogP contribution in [0.2, 0.25) is 0 Å². The highest BCUT2D eigenvalue weighted by molar-refractivity contribution is 14.1. The monoisotopic (exact) mass is 297 g/mol. The van der Waals surface area contributed by atoms with Gasteiger partial charge in [-0.05, 0) is 51.6 Å². The van der Waals surface area contributed by atoms with Crippen molar-refractivity contribution in [3.8, 4) is 0 Å². The molecule has 0 saturated carbocycles. The van der Waals surface area contributed by atoms with Crippen molar-refractivity contribution in [2.75, 3.05) is 0 Å². The van der Waals surface area contributed by atoms with Gasteiger partial charge in [0.15, 0.2) is 0 Å². The first-order valence-corrected chi connectivity index (χ1v) is 5.80. The zero-order valence-corrected chi connectivity index (χ0v) is 10.4. The second kappa shape index (κ2) is 3.85. The van der Waals surface area contributed by atoms with Crippen LogP contribution in [0.3, 0.4) is 0 Å². The third-order valence-corrected chi connectivity index (χ3v) is 3.36. The summed E-state index contributed by atoms with van der Waals surface area (Å²) in [6.07, 6.45) is 3.81. The molecule has 0 aliphatic carbocycles. The Morgan fingerprint density at radius 2 is 1.93 bits per heavy atom. The average Bonchev–Trinajstić information content (AvgIpc) is 2.18. The predicted octanol–water partition coefficient (Wildman–Crippen LogP) is 3.96. The quantitative estimate of drug-likeness (QED) is 0.726. The molecule has 0 fully saturated rings. The van der Waals surface area contributed by atoms with E-state index in [-0.39, 0.29) is 0 Å². The fourth-order valence-corrected chi connectivity index (χ4v) is 2.29.